The van der Waals surface area contributed by atoms with Gasteiger partial charge >= 0.3 is 0 Å². The van der Waals surface area contributed by atoms with E-state index in [0.717, 1.165) is 13.1 Å². The van der Waals surface area contributed by atoms with Gasteiger partial charge in [-0.05, 0) is 36.0 Å². The Balaban J connectivity index is 1.85. The van der Waals surface area contributed by atoms with Crippen LogP contribution in [-0.4, -0.2) is 6.54 Å². The molecule has 0 heterocycles. The van der Waals surface area contributed by atoms with Crippen LogP contribution in [0.15, 0.2) is 18.2 Å². The van der Waals surface area contributed by atoms with Crippen molar-refractivity contribution in [2.75, 3.05) is 12.3 Å². The Morgan fingerprint density at radius 1 is 1.47 bits per heavy atom. The minimum absolute atomic E-state index is 0.554. The van der Waals surface area contributed by atoms with Gasteiger partial charge in [-0.1, -0.05) is 24.6 Å². The van der Waals surface area contributed by atoms with Crippen molar-refractivity contribution in [3.63, 3.8) is 0 Å². The highest BCUT2D eigenvalue weighted by atomic mass is 35.5. The Bertz CT molecular complexity index is 359. The van der Waals surface area contributed by atoms with E-state index in [1.807, 2.05) is 18.2 Å². The predicted octanol–water partition coefficient (Wildman–Crippen LogP) is 2.81. The number of hydrogen-bond acceptors (Lipinski definition) is 2. The molecule has 1 aromatic carbocycles. The number of nitrogen functional groups attached to an aromatic ring is 1. The summed E-state index contributed by atoms with van der Waals surface area (Å²) in [5.74, 6) is 0. The van der Waals surface area contributed by atoms with Crippen molar-refractivity contribution in [3.05, 3.63) is 28.8 Å². The first-order chi connectivity index (χ1) is 7.09. The van der Waals surface area contributed by atoms with Gasteiger partial charge in [-0.25, -0.2) is 0 Å². The van der Waals surface area contributed by atoms with Gasteiger partial charge < -0.3 is 11.1 Å². The third kappa shape index (κ3) is 2.86. The van der Waals surface area contributed by atoms with E-state index in [-0.39, 0.29) is 0 Å². The number of rotatable bonds is 4. The van der Waals surface area contributed by atoms with Crippen LogP contribution < -0.4 is 11.1 Å². The second-order valence-electron chi connectivity index (χ2n) is 4.77. The minimum atomic E-state index is 0.554. The van der Waals surface area contributed by atoms with E-state index < -0.39 is 0 Å². The second kappa shape index (κ2) is 4.03. The number of halogens is 1. The minimum Gasteiger partial charge on any atom is -0.398 e. The first kappa shape index (κ1) is 10.8. The zero-order valence-electron chi connectivity index (χ0n) is 9.02. The van der Waals surface area contributed by atoms with E-state index in [4.69, 9.17) is 17.3 Å². The summed E-state index contributed by atoms with van der Waals surface area (Å²) in [6, 6.07) is 5.80. The molecule has 0 spiro atoms. The van der Waals surface area contributed by atoms with Gasteiger partial charge in [-0.15, -0.1) is 0 Å². The lowest BCUT2D eigenvalue weighted by Crippen LogP contribution is -2.21. The van der Waals surface area contributed by atoms with Crippen LogP contribution in [0.4, 0.5) is 5.69 Å². The van der Waals surface area contributed by atoms with Crippen LogP contribution in [-0.2, 0) is 6.54 Å². The molecule has 0 radical (unpaired) electrons. The topological polar surface area (TPSA) is 38.0 Å². The van der Waals surface area contributed by atoms with Crippen LogP contribution in [0.1, 0.15) is 25.3 Å². The molecule has 0 unspecified atom stereocenters. The number of hydrogen-bond donors (Lipinski definition) is 2. The summed E-state index contributed by atoms with van der Waals surface area (Å²) in [4.78, 5) is 0. The number of nitrogens with one attached hydrogen (secondary N) is 1. The van der Waals surface area contributed by atoms with Gasteiger partial charge in [-0.3, -0.25) is 0 Å². The molecule has 1 aromatic rings. The summed E-state index contributed by atoms with van der Waals surface area (Å²) in [7, 11) is 0. The van der Waals surface area contributed by atoms with E-state index in [1.54, 1.807) is 0 Å². The zero-order chi connectivity index (χ0) is 10.9. The molecule has 0 atom stereocenters. The van der Waals surface area contributed by atoms with Crippen molar-refractivity contribution in [3.8, 4) is 0 Å². The molecule has 2 nitrogen and oxygen atoms in total. The van der Waals surface area contributed by atoms with Crippen LogP contribution in [0.3, 0.4) is 0 Å². The molecule has 82 valence electrons. The fourth-order valence-electron chi connectivity index (χ4n) is 1.60. The molecule has 1 fully saturated rings. The molecule has 0 saturated heterocycles. The SMILES string of the molecule is CC1(CNCc2ccc(Cl)c(N)c2)CC1. The lowest BCUT2D eigenvalue weighted by molar-refractivity contribution is 0.499. The van der Waals surface area contributed by atoms with Gasteiger partial charge in [0.15, 0.2) is 0 Å². The molecule has 2 rings (SSSR count). The predicted molar refractivity (Wildman–Crippen MR) is 64.9 cm³/mol. The summed E-state index contributed by atoms with van der Waals surface area (Å²) >= 11 is 5.85. The highest BCUT2D eigenvalue weighted by Crippen LogP contribution is 2.44. The van der Waals surface area contributed by atoms with Crippen molar-refractivity contribution < 1.29 is 0 Å². The summed E-state index contributed by atoms with van der Waals surface area (Å²) in [5, 5.41) is 4.08. The van der Waals surface area contributed by atoms with E-state index in [9.17, 15) is 0 Å². The number of nitrogens with two attached hydrogens (primary N) is 1. The van der Waals surface area contributed by atoms with Crippen molar-refractivity contribution in [1.82, 2.24) is 5.32 Å². The number of anilines is 1. The first-order valence-corrected chi connectivity index (χ1v) is 5.71. The smallest absolute Gasteiger partial charge is 0.0635 e. The van der Waals surface area contributed by atoms with Crippen molar-refractivity contribution in [2.24, 2.45) is 5.41 Å². The maximum absolute atomic E-state index is 5.85. The molecular formula is C12H17ClN2. The molecule has 1 aliphatic rings. The molecule has 0 aliphatic heterocycles. The van der Waals surface area contributed by atoms with Gasteiger partial charge in [0.25, 0.3) is 0 Å². The zero-order valence-corrected chi connectivity index (χ0v) is 9.77. The Labute approximate surface area is 95.8 Å². The Kier molecular flexibility index (Phi) is 2.89. The molecule has 3 heteroatoms. The van der Waals surface area contributed by atoms with Crippen LogP contribution in [0.2, 0.25) is 5.02 Å². The third-order valence-corrected chi connectivity index (χ3v) is 3.39. The normalized spacial score (nSPS) is 17.7. The Morgan fingerprint density at radius 2 is 2.20 bits per heavy atom. The summed E-state index contributed by atoms with van der Waals surface area (Å²) < 4.78 is 0. The van der Waals surface area contributed by atoms with Crippen molar-refractivity contribution in [2.45, 2.75) is 26.3 Å². The van der Waals surface area contributed by atoms with Gasteiger partial charge in [-0.2, -0.15) is 0 Å². The molecule has 1 saturated carbocycles. The van der Waals surface area contributed by atoms with Gasteiger partial charge in [0, 0.05) is 13.1 Å². The quantitative estimate of drug-likeness (QED) is 0.772. The second-order valence-corrected chi connectivity index (χ2v) is 5.18. The van der Waals surface area contributed by atoms with Crippen molar-refractivity contribution >= 4 is 17.3 Å². The molecule has 15 heavy (non-hydrogen) atoms. The molecule has 1 aliphatic carbocycles. The van der Waals surface area contributed by atoms with Crippen LogP contribution in [0, 0.1) is 5.41 Å². The molecular weight excluding hydrogens is 208 g/mol. The number of benzene rings is 1. The standard InChI is InChI=1S/C12H17ClN2/c1-12(4-5-12)8-15-7-9-2-3-10(13)11(14)6-9/h2-3,6,15H,4-5,7-8,14H2,1H3. The largest absolute Gasteiger partial charge is 0.398 e. The van der Waals surface area contributed by atoms with Gasteiger partial charge in [0.2, 0.25) is 0 Å². The maximum atomic E-state index is 5.85. The maximum Gasteiger partial charge on any atom is 0.0635 e. The van der Waals surface area contributed by atoms with E-state index in [2.05, 4.69) is 12.2 Å². The summed E-state index contributed by atoms with van der Waals surface area (Å²) in [6.07, 6.45) is 2.70. The summed E-state index contributed by atoms with van der Waals surface area (Å²) in [6.45, 7) is 4.28. The summed E-state index contributed by atoms with van der Waals surface area (Å²) in [5.41, 5.74) is 8.14. The lowest BCUT2D eigenvalue weighted by atomic mass is 10.1. The Hall–Kier alpha value is -0.730. The van der Waals surface area contributed by atoms with Gasteiger partial charge in [0.05, 0.1) is 10.7 Å². The van der Waals surface area contributed by atoms with Crippen LogP contribution in [0.25, 0.3) is 0 Å². The molecule has 0 amide bonds. The van der Waals surface area contributed by atoms with E-state index in [1.165, 1.54) is 18.4 Å². The highest BCUT2D eigenvalue weighted by Gasteiger charge is 2.36. The van der Waals surface area contributed by atoms with Crippen LogP contribution in [0.5, 0.6) is 0 Å². The van der Waals surface area contributed by atoms with Gasteiger partial charge in [0.1, 0.15) is 0 Å². The third-order valence-electron chi connectivity index (χ3n) is 3.04. The molecule has 0 bridgehead atoms. The lowest BCUT2D eigenvalue weighted by Gasteiger charge is -2.10. The monoisotopic (exact) mass is 224 g/mol. The molecule has 3 N–H and O–H groups in total. The highest BCUT2D eigenvalue weighted by molar-refractivity contribution is 6.33. The Morgan fingerprint density at radius 3 is 2.80 bits per heavy atom. The van der Waals surface area contributed by atoms with Crippen LogP contribution >= 0.6 is 11.6 Å². The van der Waals surface area contributed by atoms with Crippen molar-refractivity contribution in [1.29, 1.82) is 0 Å². The fraction of sp³-hybridized carbons (Fsp3) is 0.500. The fourth-order valence-corrected chi connectivity index (χ4v) is 1.72. The first-order valence-electron chi connectivity index (χ1n) is 5.34. The molecule has 0 aromatic heterocycles. The van der Waals surface area contributed by atoms with E-state index >= 15 is 0 Å². The average Bonchev–Trinajstić information content (AvgIpc) is 2.90. The van der Waals surface area contributed by atoms with E-state index in [0.29, 0.717) is 16.1 Å². The average molecular weight is 225 g/mol.